The molecule has 0 bridgehead atoms. The summed E-state index contributed by atoms with van der Waals surface area (Å²) in [6.07, 6.45) is 0.0946. The van der Waals surface area contributed by atoms with Crippen LogP contribution < -0.4 is 9.47 Å². The number of phenolic OH excluding ortho intramolecular Hbond substituents is 1. The zero-order valence-electron chi connectivity index (χ0n) is 10.1. The first kappa shape index (κ1) is 12.5. The van der Waals surface area contributed by atoms with E-state index in [9.17, 15) is 9.90 Å². The minimum absolute atomic E-state index is 0.0318. The number of hydrogen-bond donors (Lipinski definition) is 1. The van der Waals surface area contributed by atoms with Crippen molar-refractivity contribution in [2.75, 3.05) is 27.4 Å². The van der Waals surface area contributed by atoms with Crippen molar-refractivity contribution < 1.29 is 28.8 Å². The van der Waals surface area contributed by atoms with Crippen LogP contribution in [0.1, 0.15) is 10.4 Å². The average molecular weight is 254 g/mol. The van der Waals surface area contributed by atoms with Crippen molar-refractivity contribution >= 4 is 5.97 Å². The lowest BCUT2D eigenvalue weighted by Gasteiger charge is -2.13. The van der Waals surface area contributed by atoms with Gasteiger partial charge < -0.3 is 24.1 Å². The molecule has 0 radical (unpaired) electrons. The number of phenols is 1. The predicted molar refractivity (Wildman–Crippen MR) is 61.2 cm³/mol. The maximum Gasteiger partial charge on any atom is 0.341 e. The number of benzene rings is 1. The second-order valence-electron chi connectivity index (χ2n) is 3.75. The molecule has 6 heteroatoms. The van der Waals surface area contributed by atoms with Crippen LogP contribution >= 0.6 is 0 Å². The van der Waals surface area contributed by atoms with Gasteiger partial charge in [0, 0.05) is 0 Å². The third kappa shape index (κ3) is 2.48. The van der Waals surface area contributed by atoms with Crippen molar-refractivity contribution in [1.82, 2.24) is 0 Å². The van der Waals surface area contributed by atoms with Gasteiger partial charge in [-0.15, -0.1) is 0 Å². The molecule has 6 nitrogen and oxygen atoms in total. The summed E-state index contributed by atoms with van der Waals surface area (Å²) in [5.41, 5.74) is 0.0318. The SMILES string of the molecule is COC(=O)c1ccc(OCC2CO2)c(OC)c1O. The first-order valence-corrected chi connectivity index (χ1v) is 5.40. The highest BCUT2D eigenvalue weighted by Gasteiger charge is 2.25. The summed E-state index contributed by atoms with van der Waals surface area (Å²) < 4.78 is 20.0. The van der Waals surface area contributed by atoms with E-state index in [0.717, 1.165) is 0 Å². The molecule has 1 aromatic carbocycles. The highest BCUT2D eigenvalue weighted by molar-refractivity contribution is 5.93. The Kier molecular flexibility index (Phi) is 3.57. The number of carbonyl (C=O) groups excluding carboxylic acids is 1. The van der Waals surface area contributed by atoms with Crippen molar-refractivity contribution in [2.24, 2.45) is 0 Å². The summed E-state index contributed by atoms with van der Waals surface area (Å²) >= 11 is 0. The van der Waals surface area contributed by atoms with Crippen LogP contribution in [0.25, 0.3) is 0 Å². The summed E-state index contributed by atoms with van der Waals surface area (Å²) in [4.78, 5) is 11.4. The Balaban J connectivity index is 2.24. The van der Waals surface area contributed by atoms with E-state index in [4.69, 9.17) is 14.2 Å². The van der Waals surface area contributed by atoms with Gasteiger partial charge in [-0.2, -0.15) is 0 Å². The van der Waals surface area contributed by atoms with Crippen molar-refractivity contribution in [2.45, 2.75) is 6.10 Å². The number of aromatic hydroxyl groups is 1. The fourth-order valence-electron chi connectivity index (χ4n) is 1.49. The smallest absolute Gasteiger partial charge is 0.341 e. The molecule has 1 aliphatic rings. The quantitative estimate of drug-likeness (QED) is 0.623. The number of esters is 1. The molecular weight excluding hydrogens is 240 g/mol. The minimum Gasteiger partial charge on any atom is -0.504 e. The zero-order valence-corrected chi connectivity index (χ0v) is 10.1. The van der Waals surface area contributed by atoms with E-state index >= 15 is 0 Å². The average Bonchev–Trinajstić information content (AvgIpc) is 3.19. The predicted octanol–water partition coefficient (Wildman–Crippen LogP) is 0.965. The van der Waals surface area contributed by atoms with Gasteiger partial charge in [0.1, 0.15) is 18.3 Å². The molecule has 98 valence electrons. The fraction of sp³-hybridized carbons (Fsp3) is 0.417. The molecular formula is C12H14O6. The molecule has 0 saturated carbocycles. The van der Waals surface area contributed by atoms with Crippen molar-refractivity contribution in [3.63, 3.8) is 0 Å². The second kappa shape index (κ2) is 5.14. The van der Waals surface area contributed by atoms with Crippen LogP contribution in [0.15, 0.2) is 12.1 Å². The lowest BCUT2D eigenvalue weighted by atomic mass is 10.1. The molecule has 0 aliphatic carbocycles. The normalized spacial score (nSPS) is 17.1. The highest BCUT2D eigenvalue weighted by Crippen LogP contribution is 2.39. The Morgan fingerprint density at radius 2 is 2.22 bits per heavy atom. The number of hydrogen-bond acceptors (Lipinski definition) is 6. The van der Waals surface area contributed by atoms with E-state index in [-0.39, 0.29) is 23.2 Å². The monoisotopic (exact) mass is 254 g/mol. The van der Waals surface area contributed by atoms with Crippen LogP contribution in [0.4, 0.5) is 0 Å². The number of carbonyl (C=O) groups is 1. The third-order valence-electron chi connectivity index (χ3n) is 2.53. The largest absolute Gasteiger partial charge is 0.504 e. The van der Waals surface area contributed by atoms with Gasteiger partial charge >= 0.3 is 5.97 Å². The fourth-order valence-corrected chi connectivity index (χ4v) is 1.49. The number of ether oxygens (including phenoxy) is 4. The molecule has 1 N–H and O–H groups in total. The minimum atomic E-state index is -0.636. The van der Waals surface area contributed by atoms with E-state index in [1.54, 1.807) is 6.07 Å². The topological polar surface area (TPSA) is 77.5 Å². The molecule has 18 heavy (non-hydrogen) atoms. The van der Waals surface area contributed by atoms with Gasteiger partial charge in [-0.3, -0.25) is 0 Å². The number of rotatable bonds is 5. The maximum atomic E-state index is 11.4. The molecule has 1 aromatic rings. The molecule has 1 unspecified atom stereocenters. The molecule has 1 aliphatic heterocycles. The van der Waals surface area contributed by atoms with Crippen LogP contribution in [0.5, 0.6) is 17.2 Å². The first-order valence-electron chi connectivity index (χ1n) is 5.40. The first-order chi connectivity index (χ1) is 8.67. The molecule has 0 spiro atoms. The van der Waals surface area contributed by atoms with E-state index < -0.39 is 5.97 Å². The maximum absolute atomic E-state index is 11.4. The summed E-state index contributed by atoms with van der Waals surface area (Å²) in [5.74, 6) is -0.460. The lowest BCUT2D eigenvalue weighted by Crippen LogP contribution is -2.07. The van der Waals surface area contributed by atoms with Crippen LogP contribution in [-0.2, 0) is 9.47 Å². The van der Waals surface area contributed by atoms with Gasteiger partial charge in [0.2, 0.25) is 5.75 Å². The molecule has 2 rings (SSSR count). The Bertz CT molecular complexity index is 452. The Morgan fingerprint density at radius 3 is 2.78 bits per heavy atom. The van der Waals surface area contributed by atoms with E-state index in [2.05, 4.69) is 4.74 Å². The van der Waals surface area contributed by atoms with Crippen LogP contribution in [0, 0.1) is 0 Å². The molecule has 1 heterocycles. The van der Waals surface area contributed by atoms with E-state index in [0.29, 0.717) is 19.0 Å². The summed E-state index contributed by atoms with van der Waals surface area (Å²) in [7, 11) is 2.62. The van der Waals surface area contributed by atoms with Gasteiger partial charge in [0.15, 0.2) is 11.5 Å². The van der Waals surface area contributed by atoms with Gasteiger partial charge in [0.25, 0.3) is 0 Å². The van der Waals surface area contributed by atoms with Crippen molar-refractivity contribution in [3.8, 4) is 17.2 Å². The number of epoxide rings is 1. The Hall–Kier alpha value is -1.95. The van der Waals surface area contributed by atoms with Gasteiger partial charge in [-0.1, -0.05) is 0 Å². The van der Waals surface area contributed by atoms with Crippen LogP contribution in [0.2, 0.25) is 0 Å². The highest BCUT2D eigenvalue weighted by atomic mass is 16.6. The van der Waals surface area contributed by atoms with E-state index in [1.165, 1.54) is 20.3 Å². The van der Waals surface area contributed by atoms with Gasteiger partial charge in [-0.05, 0) is 12.1 Å². The van der Waals surface area contributed by atoms with Crippen LogP contribution in [-0.4, -0.2) is 44.6 Å². The lowest BCUT2D eigenvalue weighted by molar-refractivity contribution is 0.0596. The Labute approximate surface area is 104 Å². The standard InChI is InChI=1S/C12H14O6/c1-15-11-9(18-6-7-5-17-7)4-3-8(10(11)13)12(14)16-2/h3-4,7,13H,5-6H2,1-2H3. The molecule has 1 fully saturated rings. The molecule has 0 amide bonds. The summed E-state index contributed by atoms with van der Waals surface area (Å²) in [6.45, 7) is 1.06. The summed E-state index contributed by atoms with van der Waals surface area (Å²) in [6, 6.07) is 2.97. The van der Waals surface area contributed by atoms with Crippen molar-refractivity contribution in [1.29, 1.82) is 0 Å². The second-order valence-corrected chi connectivity index (χ2v) is 3.75. The zero-order chi connectivity index (χ0) is 13.1. The number of methoxy groups -OCH3 is 2. The molecule has 1 saturated heterocycles. The van der Waals surface area contributed by atoms with Gasteiger partial charge in [-0.25, -0.2) is 4.79 Å². The Morgan fingerprint density at radius 1 is 1.50 bits per heavy atom. The van der Waals surface area contributed by atoms with Gasteiger partial charge in [0.05, 0.1) is 20.8 Å². The summed E-state index contributed by atoms with van der Waals surface area (Å²) in [5, 5.41) is 9.91. The molecule has 1 atom stereocenters. The van der Waals surface area contributed by atoms with Crippen molar-refractivity contribution in [3.05, 3.63) is 17.7 Å². The molecule has 0 aromatic heterocycles. The van der Waals surface area contributed by atoms with E-state index in [1.807, 2.05) is 0 Å². The third-order valence-corrected chi connectivity index (χ3v) is 2.53. The van der Waals surface area contributed by atoms with Crippen LogP contribution in [0.3, 0.4) is 0 Å².